The topological polar surface area (TPSA) is 94.5 Å². The second-order valence-corrected chi connectivity index (χ2v) is 8.55. The van der Waals surface area contributed by atoms with Crippen LogP contribution < -0.4 is 18.9 Å². The molecule has 1 aliphatic rings. The molecule has 38 heavy (non-hydrogen) atoms. The molecule has 1 heterocycles. The van der Waals surface area contributed by atoms with Gasteiger partial charge in [-0.3, -0.25) is 9.59 Å². The number of likely N-dealkylation sites (tertiary alicyclic amines) is 1. The first-order valence-electron chi connectivity index (χ1n) is 11.8. The van der Waals surface area contributed by atoms with Gasteiger partial charge in [-0.15, -0.1) is 0 Å². The van der Waals surface area contributed by atoms with Crippen LogP contribution in [-0.2, 0) is 16.0 Å². The van der Waals surface area contributed by atoms with Crippen molar-refractivity contribution in [3.63, 3.8) is 0 Å². The third-order valence-electron chi connectivity index (χ3n) is 6.47. The second kappa shape index (κ2) is 11.2. The van der Waals surface area contributed by atoms with E-state index in [1.165, 1.54) is 50.5 Å². The highest BCUT2D eigenvalue weighted by Gasteiger charge is 2.46. The van der Waals surface area contributed by atoms with E-state index >= 15 is 0 Å². The minimum atomic E-state index is -0.917. The number of carbonyl (C=O) groups excluding carboxylic acids is 2. The first kappa shape index (κ1) is 26.5. The van der Waals surface area contributed by atoms with Gasteiger partial charge in [-0.2, -0.15) is 0 Å². The van der Waals surface area contributed by atoms with E-state index in [9.17, 15) is 19.1 Å². The van der Waals surface area contributed by atoms with Crippen molar-refractivity contribution in [2.75, 3.05) is 35.0 Å². The van der Waals surface area contributed by atoms with Gasteiger partial charge in [-0.25, -0.2) is 4.39 Å². The summed E-state index contributed by atoms with van der Waals surface area (Å²) in [5.41, 5.74) is 1.52. The maximum Gasteiger partial charge on any atom is 0.295 e. The maximum absolute atomic E-state index is 13.5. The van der Waals surface area contributed by atoms with Crippen molar-refractivity contribution >= 4 is 17.4 Å². The monoisotopic (exact) mass is 521 g/mol. The average molecular weight is 522 g/mol. The number of benzene rings is 3. The van der Waals surface area contributed by atoms with Gasteiger partial charge in [0.15, 0.2) is 23.0 Å². The van der Waals surface area contributed by atoms with E-state index in [1.807, 2.05) is 6.07 Å². The number of Topliss-reactive ketones (excluding diaryl/α,β-unsaturated/α-hetero) is 1. The van der Waals surface area contributed by atoms with Crippen LogP contribution in [0.5, 0.6) is 23.0 Å². The third-order valence-corrected chi connectivity index (χ3v) is 6.47. The largest absolute Gasteiger partial charge is 0.507 e. The molecule has 4 rings (SSSR count). The van der Waals surface area contributed by atoms with Crippen LogP contribution in [0.3, 0.4) is 0 Å². The summed E-state index contributed by atoms with van der Waals surface area (Å²) < 4.78 is 35.0. The highest BCUT2D eigenvalue weighted by atomic mass is 19.1. The molecular formula is C29H28FNO7. The molecule has 8 nitrogen and oxygen atoms in total. The van der Waals surface area contributed by atoms with Gasteiger partial charge in [0, 0.05) is 12.1 Å². The van der Waals surface area contributed by atoms with Crippen molar-refractivity contribution < 1.29 is 38.0 Å². The lowest BCUT2D eigenvalue weighted by molar-refractivity contribution is -0.139. The van der Waals surface area contributed by atoms with E-state index in [-0.39, 0.29) is 17.7 Å². The molecule has 1 saturated heterocycles. The summed E-state index contributed by atoms with van der Waals surface area (Å²) in [6.45, 7) is 0.166. The Morgan fingerprint density at radius 1 is 0.816 bits per heavy atom. The molecule has 1 aliphatic heterocycles. The van der Waals surface area contributed by atoms with Crippen molar-refractivity contribution in [1.82, 2.24) is 4.90 Å². The number of hydrogen-bond donors (Lipinski definition) is 1. The first-order valence-corrected chi connectivity index (χ1v) is 11.8. The number of ketones is 1. The van der Waals surface area contributed by atoms with Crippen LogP contribution in [0.2, 0.25) is 0 Å². The lowest BCUT2D eigenvalue weighted by Crippen LogP contribution is -2.31. The summed E-state index contributed by atoms with van der Waals surface area (Å²) in [5, 5.41) is 11.2. The Morgan fingerprint density at radius 3 is 2.00 bits per heavy atom. The molecule has 3 aromatic carbocycles. The number of ether oxygens (including phenoxy) is 4. The van der Waals surface area contributed by atoms with Crippen molar-refractivity contribution in [2.45, 2.75) is 12.5 Å². The Hall–Kier alpha value is -4.53. The molecule has 9 heteroatoms. The zero-order chi connectivity index (χ0) is 27.4. The van der Waals surface area contributed by atoms with Gasteiger partial charge in [0.2, 0.25) is 0 Å². The Balaban J connectivity index is 1.79. The molecular weight excluding hydrogens is 493 g/mol. The molecule has 3 aromatic rings. The fraction of sp³-hybridized carbons (Fsp3) is 0.241. The highest BCUT2D eigenvalue weighted by Crippen LogP contribution is 2.42. The Labute approximate surface area is 219 Å². The van der Waals surface area contributed by atoms with Gasteiger partial charge in [-0.1, -0.05) is 12.1 Å². The van der Waals surface area contributed by atoms with Gasteiger partial charge in [0.1, 0.15) is 11.6 Å². The predicted molar refractivity (Wildman–Crippen MR) is 138 cm³/mol. The van der Waals surface area contributed by atoms with Crippen molar-refractivity contribution in [3.05, 3.63) is 88.7 Å². The molecule has 0 radical (unpaired) electrons. The molecule has 1 atom stereocenters. The number of nitrogens with zero attached hydrogens (tertiary/aromatic N) is 1. The summed E-state index contributed by atoms with van der Waals surface area (Å²) in [6.07, 6.45) is 0.397. The van der Waals surface area contributed by atoms with Crippen LogP contribution in [0.4, 0.5) is 4.39 Å². The summed E-state index contributed by atoms with van der Waals surface area (Å²) in [4.78, 5) is 28.0. The van der Waals surface area contributed by atoms with E-state index in [4.69, 9.17) is 18.9 Å². The van der Waals surface area contributed by atoms with E-state index in [2.05, 4.69) is 0 Å². The van der Waals surface area contributed by atoms with Crippen LogP contribution in [0.15, 0.2) is 66.2 Å². The number of rotatable bonds is 9. The molecule has 0 spiro atoms. The van der Waals surface area contributed by atoms with Crippen molar-refractivity contribution in [3.8, 4) is 23.0 Å². The van der Waals surface area contributed by atoms with Gasteiger partial charge in [0.05, 0.1) is 40.1 Å². The quantitative estimate of drug-likeness (QED) is 0.251. The van der Waals surface area contributed by atoms with E-state index in [0.717, 1.165) is 5.56 Å². The molecule has 0 aliphatic carbocycles. The minimum Gasteiger partial charge on any atom is -0.507 e. The second-order valence-electron chi connectivity index (χ2n) is 8.55. The molecule has 0 bridgehead atoms. The maximum atomic E-state index is 13.5. The number of amides is 1. The highest BCUT2D eigenvalue weighted by molar-refractivity contribution is 6.46. The number of hydrogen-bond acceptors (Lipinski definition) is 7. The third kappa shape index (κ3) is 5.00. The number of aliphatic hydroxyl groups excluding tert-OH is 1. The minimum absolute atomic E-state index is 0.0962. The summed E-state index contributed by atoms with van der Waals surface area (Å²) in [6, 6.07) is 14.6. The molecule has 0 saturated carbocycles. The van der Waals surface area contributed by atoms with Crippen LogP contribution in [0, 0.1) is 5.82 Å². The Bertz CT molecular complexity index is 1380. The first-order chi connectivity index (χ1) is 18.3. The smallest absolute Gasteiger partial charge is 0.295 e. The van der Waals surface area contributed by atoms with Gasteiger partial charge >= 0.3 is 0 Å². The van der Waals surface area contributed by atoms with Crippen molar-refractivity contribution in [1.29, 1.82) is 0 Å². The van der Waals surface area contributed by atoms with Crippen molar-refractivity contribution in [2.24, 2.45) is 0 Å². The summed E-state index contributed by atoms with van der Waals surface area (Å²) in [7, 11) is 6.06. The lowest BCUT2D eigenvalue weighted by atomic mass is 9.94. The van der Waals surface area contributed by atoms with E-state index in [0.29, 0.717) is 35.0 Å². The molecule has 1 fully saturated rings. The number of carbonyl (C=O) groups is 2. The van der Waals surface area contributed by atoms with Crippen LogP contribution >= 0.6 is 0 Å². The van der Waals surface area contributed by atoms with E-state index in [1.54, 1.807) is 37.4 Å². The fourth-order valence-electron chi connectivity index (χ4n) is 4.53. The molecule has 1 N–H and O–H groups in total. The van der Waals surface area contributed by atoms with Gasteiger partial charge < -0.3 is 29.0 Å². The SMILES string of the molecule is COc1ccc(CCN2C(=O)C(=O)C(=C(O)c3ccc(F)cc3)[C@@H]2c2ccc(OC)c(OC)c2)cc1OC. The molecule has 0 unspecified atom stereocenters. The Kier molecular flexibility index (Phi) is 7.85. The zero-order valence-electron chi connectivity index (χ0n) is 21.5. The van der Waals surface area contributed by atoms with Crippen LogP contribution in [0.1, 0.15) is 22.7 Å². The van der Waals surface area contributed by atoms with Crippen LogP contribution in [0.25, 0.3) is 5.76 Å². The molecule has 1 amide bonds. The summed E-state index contributed by atoms with van der Waals surface area (Å²) >= 11 is 0. The van der Waals surface area contributed by atoms with E-state index < -0.39 is 29.3 Å². The number of aliphatic hydroxyl groups is 1. The van der Waals surface area contributed by atoms with Gasteiger partial charge in [0.25, 0.3) is 11.7 Å². The number of halogens is 1. The Morgan fingerprint density at radius 2 is 1.39 bits per heavy atom. The predicted octanol–water partition coefficient (Wildman–Crippen LogP) is 4.52. The van der Waals surface area contributed by atoms with Gasteiger partial charge in [-0.05, 0) is 66.1 Å². The van der Waals surface area contributed by atoms with Crippen LogP contribution in [-0.4, -0.2) is 56.7 Å². The zero-order valence-corrected chi connectivity index (χ0v) is 21.5. The standard InChI is InChI=1S/C29H28FNO7/c1-35-21-11-5-17(15-23(21)37-3)13-14-31-26(19-8-12-22(36-2)24(16-19)38-4)25(28(33)29(31)34)27(32)18-6-9-20(30)10-7-18/h5-12,15-16,26,32H,13-14H2,1-4H3/t26-/m0/s1. The lowest BCUT2D eigenvalue weighted by Gasteiger charge is -2.26. The number of methoxy groups -OCH3 is 4. The summed E-state index contributed by atoms with van der Waals surface area (Å²) in [5.74, 6) is -0.492. The fourth-order valence-corrected chi connectivity index (χ4v) is 4.53. The molecule has 0 aromatic heterocycles. The normalized spacial score (nSPS) is 16.4. The average Bonchev–Trinajstić information content (AvgIpc) is 3.20. The molecule has 198 valence electrons.